The highest BCUT2D eigenvalue weighted by atomic mass is 32.1. The maximum Gasteiger partial charge on any atom is 0.325 e. The van der Waals surface area contributed by atoms with E-state index in [1.54, 1.807) is 0 Å². The number of nitrogens with one attached hydrogen (secondary N) is 2. The number of hydrogen-bond acceptors (Lipinski definition) is 6. The number of imide groups is 1. The lowest BCUT2D eigenvalue weighted by molar-refractivity contribution is -0.133. The summed E-state index contributed by atoms with van der Waals surface area (Å²) >= 11 is 1.47. The summed E-state index contributed by atoms with van der Waals surface area (Å²) in [4.78, 5) is 46.7. The third-order valence-electron chi connectivity index (χ3n) is 6.31. The zero-order valence-electron chi connectivity index (χ0n) is 17.2. The Morgan fingerprint density at radius 1 is 1.19 bits per heavy atom. The first-order chi connectivity index (χ1) is 15.0. The van der Waals surface area contributed by atoms with Gasteiger partial charge in [-0.1, -0.05) is 43.2 Å². The van der Waals surface area contributed by atoms with Crippen molar-refractivity contribution in [1.29, 1.82) is 0 Å². The number of rotatable bonds is 5. The molecular formula is C22H25N5O3S. The predicted octanol–water partition coefficient (Wildman–Crippen LogP) is 2.50. The third-order valence-corrected chi connectivity index (χ3v) is 7.31. The summed E-state index contributed by atoms with van der Waals surface area (Å²) in [5, 5.41) is 6.12. The number of hydrogen-bond donors (Lipinski definition) is 2. The van der Waals surface area contributed by atoms with Crippen LogP contribution in [0, 0.1) is 0 Å². The molecule has 2 N–H and O–H groups in total. The molecule has 0 bridgehead atoms. The van der Waals surface area contributed by atoms with E-state index in [-0.39, 0.29) is 12.5 Å². The fourth-order valence-corrected chi connectivity index (χ4v) is 5.78. The van der Waals surface area contributed by atoms with E-state index in [2.05, 4.69) is 32.7 Å². The molecule has 0 unspecified atom stereocenters. The molecular weight excluding hydrogens is 414 g/mol. The van der Waals surface area contributed by atoms with Crippen molar-refractivity contribution in [2.45, 2.75) is 50.7 Å². The summed E-state index contributed by atoms with van der Waals surface area (Å²) in [7, 11) is 0. The summed E-state index contributed by atoms with van der Waals surface area (Å²) in [6.07, 6.45) is 3.96. The van der Waals surface area contributed by atoms with Crippen LogP contribution in [0.25, 0.3) is 0 Å². The smallest absolute Gasteiger partial charge is 0.323 e. The maximum atomic E-state index is 12.7. The number of carbonyl (C=O) groups excluding carboxylic acids is 3. The summed E-state index contributed by atoms with van der Waals surface area (Å²) in [6.45, 7) is 2.32. The van der Waals surface area contributed by atoms with Crippen LogP contribution in [0.4, 0.5) is 9.93 Å². The fraction of sp³-hybridized carbons (Fsp3) is 0.455. The van der Waals surface area contributed by atoms with E-state index in [9.17, 15) is 14.4 Å². The lowest BCUT2D eigenvalue weighted by atomic mass is 9.98. The highest BCUT2D eigenvalue weighted by Crippen LogP contribution is 2.35. The average Bonchev–Trinajstić information content (AvgIpc) is 3.44. The maximum absolute atomic E-state index is 12.7. The number of aromatic nitrogens is 1. The van der Waals surface area contributed by atoms with Gasteiger partial charge in [0, 0.05) is 30.9 Å². The minimum Gasteiger partial charge on any atom is -0.323 e. The number of benzene rings is 1. The second-order valence-electron chi connectivity index (χ2n) is 8.49. The van der Waals surface area contributed by atoms with Gasteiger partial charge in [0.2, 0.25) is 5.91 Å². The van der Waals surface area contributed by atoms with E-state index in [0.29, 0.717) is 18.0 Å². The SMILES string of the molecule is O=C(CN1C(=O)NC2(CCCC2)C1=O)Nc1nc2c(s1)CN(Cc1ccccc1)CC2. The van der Waals surface area contributed by atoms with Crippen LogP contribution in [-0.2, 0) is 29.1 Å². The Morgan fingerprint density at radius 3 is 2.74 bits per heavy atom. The quantitative estimate of drug-likeness (QED) is 0.698. The van der Waals surface area contributed by atoms with Crippen molar-refractivity contribution in [1.82, 2.24) is 20.1 Å². The molecule has 9 heteroatoms. The zero-order chi connectivity index (χ0) is 21.4. The molecule has 4 amide bonds. The predicted molar refractivity (Wildman–Crippen MR) is 116 cm³/mol. The minimum atomic E-state index is -0.792. The Morgan fingerprint density at radius 2 is 1.97 bits per heavy atom. The molecule has 2 aliphatic heterocycles. The Labute approximate surface area is 184 Å². The first-order valence-electron chi connectivity index (χ1n) is 10.7. The van der Waals surface area contributed by atoms with Crippen molar-refractivity contribution in [3.63, 3.8) is 0 Å². The van der Waals surface area contributed by atoms with Crippen LogP contribution in [0.5, 0.6) is 0 Å². The van der Waals surface area contributed by atoms with Gasteiger partial charge >= 0.3 is 6.03 Å². The van der Waals surface area contributed by atoms with Crippen molar-refractivity contribution in [2.24, 2.45) is 0 Å². The number of fused-ring (bicyclic) bond motifs is 1. The number of carbonyl (C=O) groups is 3. The summed E-state index contributed by atoms with van der Waals surface area (Å²) in [5.74, 6) is -0.675. The molecule has 0 radical (unpaired) electrons. The highest BCUT2D eigenvalue weighted by molar-refractivity contribution is 7.15. The van der Waals surface area contributed by atoms with Crippen molar-refractivity contribution in [2.75, 3.05) is 18.4 Å². The van der Waals surface area contributed by atoms with E-state index in [0.717, 1.165) is 54.4 Å². The molecule has 1 spiro atoms. The Kier molecular flexibility index (Phi) is 5.23. The lowest BCUT2D eigenvalue weighted by Gasteiger charge is -2.25. The summed E-state index contributed by atoms with van der Waals surface area (Å²) in [5.41, 5.74) is 1.50. The van der Waals surface area contributed by atoms with Gasteiger partial charge in [0.05, 0.1) is 5.69 Å². The van der Waals surface area contributed by atoms with Gasteiger partial charge in [-0.25, -0.2) is 9.78 Å². The molecule has 1 saturated carbocycles. The topological polar surface area (TPSA) is 94.6 Å². The molecule has 0 atom stereocenters. The van der Waals surface area contributed by atoms with Crippen LogP contribution in [-0.4, -0.2) is 51.3 Å². The molecule has 1 saturated heterocycles. The number of urea groups is 1. The van der Waals surface area contributed by atoms with Gasteiger partial charge in [0.25, 0.3) is 5.91 Å². The molecule has 2 fully saturated rings. The number of amides is 4. The molecule has 3 heterocycles. The molecule has 5 rings (SSSR count). The van der Waals surface area contributed by atoms with Gasteiger partial charge in [0.1, 0.15) is 12.1 Å². The van der Waals surface area contributed by atoms with Crippen LogP contribution in [0.15, 0.2) is 30.3 Å². The van der Waals surface area contributed by atoms with Gasteiger partial charge in [0.15, 0.2) is 5.13 Å². The van der Waals surface area contributed by atoms with E-state index in [4.69, 9.17) is 0 Å². The molecule has 2 aromatic rings. The first kappa shape index (κ1) is 20.1. The molecule has 31 heavy (non-hydrogen) atoms. The van der Waals surface area contributed by atoms with Gasteiger partial charge in [-0.15, -0.1) is 11.3 Å². The second kappa shape index (κ2) is 8.05. The van der Waals surface area contributed by atoms with Crippen LogP contribution in [0.2, 0.25) is 0 Å². The number of nitrogens with zero attached hydrogens (tertiary/aromatic N) is 3. The summed E-state index contributed by atoms with van der Waals surface area (Å²) < 4.78 is 0. The van der Waals surface area contributed by atoms with Crippen molar-refractivity contribution in [3.05, 3.63) is 46.5 Å². The Bertz CT molecular complexity index is 1020. The zero-order valence-corrected chi connectivity index (χ0v) is 18.0. The Balaban J connectivity index is 1.20. The normalized spacial score (nSPS) is 20.2. The molecule has 1 aromatic heterocycles. The monoisotopic (exact) mass is 439 g/mol. The van der Waals surface area contributed by atoms with Gasteiger partial charge in [-0.3, -0.25) is 19.4 Å². The lowest BCUT2D eigenvalue weighted by Crippen LogP contribution is -2.44. The molecule has 1 aliphatic carbocycles. The minimum absolute atomic E-state index is 0.278. The van der Waals surface area contributed by atoms with E-state index in [1.165, 1.54) is 16.9 Å². The third kappa shape index (κ3) is 3.95. The van der Waals surface area contributed by atoms with E-state index < -0.39 is 17.5 Å². The van der Waals surface area contributed by atoms with Crippen molar-refractivity contribution < 1.29 is 14.4 Å². The van der Waals surface area contributed by atoms with Gasteiger partial charge in [-0.2, -0.15) is 0 Å². The molecule has 162 valence electrons. The largest absolute Gasteiger partial charge is 0.325 e. The van der Waals surface area contributed by atoms with E-state index >= 15 is 0 Å². The van der Waals surface area contributed by atoms with Crippen LogP contribution >= 0.6 is 11.3 Å². The standard InChI is InChI=1S/C22H25N5O3S/c28-18(14-27-19(29)22(25-21(27)30)9-4-5-10-22)24-20-23-16-8-11-26(13-17(16)31-20)12-15-6-2-1-3-7-15/h1-3,6-7H,4-5,8-14H2,(H,25,30)(H,23,24,28). The van der Waals surface area contributed by atoms with Crippen LogP contribution < -0.4 is 10.6 Å². The number of anilines is 1. The van der Waals surface area contributed by atoms with Crippen LogP contribution in [0.3, 0.4) is 0 Å². The van der Waals surface area contributed by atoms with Gasteiger partial charge < -0.3 is 10.6 Å². The highest BCUT2D eigenvalue weighted by Gasteiger charge is 2.52. The van der Waals surface area contributed by atoms with E-state index in [1.807, 2.05) is 18.2 Å². The van der Waals surface area contributed by atoms with Crippen molar-refractivity contribution >= 4 is 34.3 Å². The van der Waals surface area contributed by atoms with Crippen molar-refractivity contribution in [3.8, 4) is 0 Å². The fourth-order valence-electron chi connectivity index (χ4n) is 4.72. The van der Waals surface area contributed by atoms with Crippen LogP contribution in [0.1, 0.15) is 41.8 Å². The molecule has 3 aliphatic rings. The first-order valence-corrected chi connectivity index (χ1v) is 11.5. The van der Waals surface area contributed by atoms with Gasteiger partial charge in [-0.05, 0) is 18.4 Å². The second-order valence-corrected chi connectivity index (χ2v) is 9.58. The number of thiazole rings is 1. The molecule has 1 aromatic carbocycles. The molecule has 8 nitrogen and oxygen atoms in total. The average molecular weight is 440 g/mol. The summed E-state index contributed by atoms with van der Waals surface area (Å²) in [6, 6.07) is 9.88. The Hall–Kier alpha value is -2.78.